The van der Waals surface area contributed by atoms with Gasteiger partial charge in [0.25, 0.3) is 0 Å². The Morgan fingerprint density at radius 1 is 1.40 bits per heavy atom. The highest BCUT2D eigenvalue weighted by atomic mass is 16.5. The average Bonchev–Trinajstić information content (AvgIpc) is 2.29. The number of rotatable bonds is 3. The average molecular weight is 213 g/mol. The lowest BCUT2D eigenvalue weighted by atomic mass is 10.1. The van der Waals surface area contributed by atoms with Gasteiger partial charge in [-0.15, -0.1) is 0 Å². The Bertz CT molecular complexity index is 183. The molecule has 0 aromatic rings. The molecule has 2 aliphatic heterocycles. The molecule has 4 heteroatoms. The molecule has 15 heavy (non-hydrogen) atoms. The Morgan fingerprint density at radius 2 is 2.20 bits per heavy atom. The Morgan fingerprint density at radius 3 is 2.93 bits per heavy atom. The summed E-state index contributed by atoms with van der Waals surface area (Å²) >= 11 is 0. The maximum absolute atomic E-state index is 5.35. The summed E-state index contributed by atoms with van der Waals surface area (Å²) in [7, 11) is 2.22. The van der Waals surface area contributed by atoms with E-state index in [1.807, 2.05) is 0 Å². The van der Waals surface area contributed by atoms with E-state index in [9.17, 15) is 0 Å². The van der Waals surface area contributed by atoms with Crippen molar-refractivity contribution in [3.63, 3.8) is 0 Å². The van der Waals surface area contributed by atoms with Crippen LogP contribution in [0.2, 0.25) is 0 Å². The third kappa shape index (κ3) is 3.41. The van der Waals surface area contributed by atoms with Gasteiger partial charge in [0.2, 0.25) is 0 Å². The molecular weight excluding hydrogens is 190 g/mol. The minimum atomic E-state index is 0.654. The van der Waals surface area contributed by atoms with Gasteiger partial charge in [0, 0.05) is 51.5 Å². The third-order valence-electron chi connectivity index (χ3n) is 3.51. The van der Waals surface area contributed by atoms with Gasteiger partial charge in [-0.05, 0) is 19.9 Å². The fourth-order valence-electron chi connectivity index (χ4n) is 2.29. The summed E-state index contributed by atoms with van der Waals surface area (Å²) in [6, 6.07) is 1.33. The number of ether oxygens (including phenoxy) is 1. The molecule has 0 amide bonds. The summed E-state index contributed by atoms with van der Waals surface area (Å²) < 4.78 is 5.35. The van der Waals surface area contributed by atoms with E-state index < -0.39 is 0 Å². The molecule has 0 radical (unpaired) electrons. The van der Waals surface area contributed by atoms with Gasteiger partial charge in [-0.25, -0.2) is 0 Å². The molecule has 2 saturated heterocycles. The third-order valence-corrected chi connectivity index (χ3v) is 3.51. The number of likely N-dealkylation sites (N-methyl/N-ethyl adjacent to an activating group) is 1. The number of nitrogens with zero attached hydrogens (tertiary/aromatic N) is 1. The molecule has 1 atom stereocenters. The number of piperazine rings is 1. The normalized spacial score (nSPS) is 30.6. The van der Waals surface area contributed by atoms with Gasteiger partial charge in [-0.1, -0.05) is 0 Å². The maximum atomic E-state index is 5.35. The lowest BCUT2D eigenvalue weighted by Crippen LogP contribution is -2.54. The number of nitrogens with one attached hydrogen (secondary N) is 2. The molecule has 2 heterocycles. The van der Waals surface area contributed by atoms with Gasteiger partial charge in [0.05, 0.1) is 0 Å². The molecule has 0 spiro atoms. The van der Waals surface area contributed by atoms with Crippen LogP contribution in [0.4, 0.5) is 0 Å². The fraction of sp³-hybridized carbons (Fsp3) is 1.00. The molecule has 0 aliphatic carbocycles. The van der Waals surface area contributed by atoms with Crippen LogP contribution in [0.3, 0.4) is 0 Å². The quantitative estimate of drug-likeness (QED) is 0.672. The highest BCUT2D eigenvalue weighted by molar-refractivity contribution is 4.81. The van der Waals surface area contributed by atoms with Crippen LogP contribution >= 0.6 is 0 Å². The van der Waals surface area contributed by atoms with Crippen LogP contribution in [0.25, 0.3) is 0 Å². The minimum absolute atomic E-state index is 0.654. The van der Waals surface area contributed by atoms with Crippen molar-refractivity contribution in [2.45, 2.75) is 24.9 Å². The Hall–Kier alpha value is -0.160. The number of hydrogen-bond donors (Lipinski definition) is 2. The molecule has 0 aromatic heterocycles. The zero-order valence-corrected chi connectivity index (χ0v) is 9.67. The van der Waals surface area contributed by atoms with Gasteiger partial charge in [0.1, 0.15) is 0 Å². The summed E-state index contributed by atoms with van der Waals surface area (Å²) in [5.74, 6) is 0. The van der Waals surface area contributed by atoms with Crippen LogP contribution in [0, 0.1) is 0 Å². The second kappa shape index (κ2) is 5.80. The van der Waals surface area contributed by atoms with Crippen LogP contribution in [-0.2, 0) is 4.74 Å². The van der Waals surface area contributed by atoms with E-state index >= 15 is 0 Å². The van der Waals surface area contributed by atoms with Crippen molar-refractivity contribution >= 4 is 0 Å². The van der Waals surface area contributed by atoms with E-state index in [1.54, 1.807) is 0 Å². The van der Waals surface area contributed by atoms with Crippen LogP contribution in [-0.4, -0.2) is 63.4 Å². The molecule has 2 fully saturated rings. The van der Waals surface area contributed by atoms with E-state index in [-0.39, 0.29) is 0 Å². The summed E-state index contributed by atoms with van der Waals surface area (Å²) in [6.07, 6.45) is 2.34. The van der Waals surface area contributed by atoms with Crippen molar-refractivity contribution in [2.24, 2.45) is 0 Å². The van der Waals surface area contributed by atoms with Crippen molar-refractivity contribution in [1.82, 2.24) is 15.5 Å². The first-order valence-electron chi connectivity index (χ1n) is 6.08. The first-order valence-corrected chi connectivity index (χ1v) is 6.08. The maximum Gasteiger partial charge on any atom is 0.0480 e. The summed E-state index contributed by atoms with van der Waals surface area (Å²) in [5, 5.41) is 7.11. The molecule has 1 unspecified atom stereocenters. The van der Waals surface area contributed by atoms with E-state index in [2.05, 4.69) is 22.6 Å². The van der Waals surface area contributed by atoms with Crippen molar-refractivity contribution in [3.8, 4) is 0 Å². The van der Waals surface area contributed by atoms with Crippen LogP contribution < -0.4 is 10.6 Å². The van der Waals surface area contributed by atoms with E-state index in [1.165, 1.54) is 19.4 Å². The molecule has 88 valence electrons. The van der Waals surface area contributed by atoms with Gasteiger partial charge in [-0.3, -0.25) is 4.90 Å². The summed E-state index contributed by atoms with van der Waals surface area (Å²) in [5.41, 5.74) is 0. The van der Waals surface area contributed by atoms with E-state index in [4.69, 9.17) is 4.74 Å². The van der Waals surface area contributed by atoms with Gasteiger partial charge in [0.15, 0.2) is 0 Å². The Balaban J connectivity index is 1.67. The molecule has 0 aromatic carbocycles. The largest absolute Gasteiger partial charge is 0.381 e. The van der Waals surface area contributed by atoms with Gasteiger partial charge in [-0.2, -0.15) is 0 Å². The van der Waals surface area contributed by atoms with Gasteiger partial charge >= 0.3 is 0 Å². The van der Waals surface area contributed by atoms with Crippen molar-refractivity contribution in [3.05, 3.63) is 0 Å². The highest BCUT2D eigenvalue weighted by Gasteiger charge is 2.20. The smallest absolute Gasteiger partial charge is 0.0480 e. The molecule has 2 rings (SSSR count). The first kappa shape index (κ1) is 11.3. The SMILES string of the molecule is CN1CCNCC1CNC1CCOCC1. The van der Waals surface area contributed by atoms with Crippen LogP contribution in [0.1, 0.15) is 12.8 Å². The molecular formula is C11H23N3O. The lowest BCUT2D eigenvalue weighted by molar-refractivity contribution is 0.0747. The molecule has 4 nitrogen and oxygen atoms in total. The Labute approximate surface area is 92.4 Å². The second-order valence-electron chi connectivity index (χ2n) is 4.63. The molecule has 0 bridgehead atoms. The predicted molar refractivity (Wildman–Crippen MR) is 61.1 cm³/mol. The Kier molecular flexibility index (Phi) is 4.38. The van der Waals surface area contributed by atoms with Crippen molar-refractivity contribution in [2.75, 3.05) is 46.4 Å². The fourth-order valence-corrected chi connectivity index (χ4v) is 2.29. The second-order valence-corrected chi connectivity index (χ2v) is 4.63. The summed E-state index contributed by atoms with van der Waals surface area (Å²) in [4.78, 5) is 2.45. The number of hydrogen-bond acceptors (Lipinski definition) is 4. The first-order chi connectivity index (χ1) is 7.36. The monoisotopic (exact) mass is 213 g/mol. The van der Waals surface area contributed by atoms with E-state index in [0.717, 1.165) is 32.8 Å². The van der Waals surface area contributed by atoms with Gasteiger partial charge < -0.3 is 15.4 Å². The molecule has 0 saturated carbocycles. The van der Waals surface area contributed by atoms with Crippen LogP contribution in [0.5, 0.6) is 0 Å². The highest BCUT2D eigenvalue weighted by Crippen LogP contribution is 2.07. The predicted octanol–water partition coefficient (Wildman–Crippen LogP) is -0.341. The topological polar surface area (TPSA) is 36.5 Å². The zero-order valence-electron chi connectivity index (χ0n) is 9.67. The summed E-state index contributed by atoms with van der Waals surface area (Å²) in [6.45, 7) is 6.37. The van der Waals surface area contributed by atoms with Crippen LogP contribution in [0.15, 0.2) is 0 Å². The van der Waals surface area contributed by atoms with E-state index in [0.29, 0.717) is 12.1 Å². The molecule has 2 aliphatic rings. The zero-order chi connectivity index (χ0) is 10.5. The molecule has 2 N–H and O–H groups in total. The lowest BCUT2D eigenvalue weighted by Gasteiger charge is -2.35. The van der Waals surface area contributed by atoms with Crippen molar-refractivity contribution < 1.29 is 4.74 Å². The minimum Gasteiger partial charge on any atom is -0.381 e. The standard InChI is InChI=1S/C11H23N3O/c1-14-5-4-12-8-11(14)9-13-10-2-6-15-7-3-10/h10-13H,2-9H2,1H3. The van der Waals surface area contributed by atoms with Crippen molar-refractivity contribution in [1.29, 1.82) is 0 Å².